The number of halogens is 1. The molecule has 82 valence electrons. The lowest BCUT2D eigenvalue weighted by atomic mass is 10.0. The molecule has 0 spiro atoms. The predicted molar refractivity (Wildman–Crippen MR) is 55.0 cm³/mol. The lowest BCUT2D eigenvalue weighted by Gasteiger charge is -2.24. The number of nitrogens with one attached hydrogen (secondary N) is 2. The van der Waals surface area contributed by atoms with Crippen molar-refractivity contribution >= 4 is 23.4 Å². The third-order valence-electron chi connectivity index (χ3n) is 1.57. The first-order chi connectivity index (χ1) is 6.44. The number of hydrogen-bond acceptors (Lipinski definition) is 3. The zero-order valence-electron chi connectivity index (χ0n) is 8.39. The van der Waals surface area contributed by atoms with Gasteiger partial charge >= 0.3 is 0 Å². The van der Waals surface area contributed by atoms with E-state index in [2.05, 4.69) is 10.6 Å². The van der Waals surface area contributed by atoms with E-state index in [0.717, 1.165) is 0 Å². The number of rotatable bonds is 5. The minimum absolute atomic E-state index is 0.159. The molecule has 0 radical (unpaired) electrons. The molecule has 0 aliphatic rings. The molecular formula is C8H16ClN3O2. The molecule has 0 rings (SSSR count). The van der Waals surface area contributed by atoms with E-state index in [-0.39, 0.29) is 17.7 Å². The van der Waals surface area contributed by atoms with Gasteiger partial charge in [-0.15, -0.1) is 11.6 Å². The fraction of sp³-hybridized carbons (Fsp3) is 0.750. The van der Waals surface area contributed by atoms with Crippen LogP contribution in [0.2, 0.25) is 0 Å². The lowest BCUT2D eigenvalue weighted by molar-refractivity contribution is -0.131. The minimum atomic E-state index is -0.957. The Morgan fingerprint density at radius 2 is 2.00 bits per heavy atom. The molecule has 4 N–H and O–H groups in total. The van der Waals surface area contributed by atoms with Gasteiger partial charge in [-0.3, -0.25) is 9.59 Å². The number of hydrogen-bond donors (Lipinski definition) is 3. The van der Waals surface area contributed by atoms with E-state index in [1.165, 1.54) is 0 Å². The Hall–Kier alpha value is -0.810. The third kappa shape index (κ3) is 4.43. The molecule has 14 heavy (non-hydrogen) atoms. The molecule has 0 aliphatic heterocycles. The number of amides is 2. The normalized spacial score (nSPS) is 10.9. The van der Waals surface area contributed by atoms with Crippen LogP contribution in [0.3, 0.4) is 0 Å². The fourth-order valence-electron chi connectivity index (χ4n) is 0.845. The van der Waals surface area contributed by atoms with Gasteiger partial charge in [0.2, 0.25) is 11.8 Å². The zero-order chi connectivity index (χ0) is 11.2. The second-order valence-corrected chi connectivity index (χ2v) is 3.62. The number of alkyl halides is 1. The van der Waals surface area contributed by atoms with Gasteiger partial charge in [-0.05, 0) is 13.8 Å². The van der Waals surface area contributed by atoms with Crippen LogP contribution in [-0.4, -0.2) is 36.3 Å². The Morgan fingerprint density at radius 1 is 1.43 bits per heavy atom. The van der Waals surface area contributed by atoms with Gasteiger partial charge in [0.05, 0.1) is 0 Å². The molecule has 0 saturated carbocycles. The van der Waals surface area contributed by atoms with Crippen molar-refractivity contribution in [3.63, 3.8) is 0 Å². The summed E-state index contributed by atoms with van der Waals surface area (Å²) < 4.78 is 0. The quantitative estimate of drug-likeness (QED) is 0.532. The zero-order valence-corrected chi connectivity index (χ0v) is 9.15. The van der Waals surface area contributed by atoms with Crippen molar-refractivity contribution in [2.45, 2.75) is 19.4 Å². The number of carbonyl (C=O) groups excluding carboxylic acids is 2. The first-order valence-corrected chi connectivity index (χ1v) is 4.83. The molecule has 0 unspecified atom stereocenters. The Balaban J connectivity index is 4.15. The summed E-state index contributed by atoms with van der Waals surface area (Å²) in [5, 5.41) is 5.07. The molecule has 0 heterocycles. The second-order valence-electron chi connectivity index (χ2n) is 3.35. The van der Waals surface area contributed by atoms with Crippen molar-refractivity contribution < 1.29 is 9.59 Å². The van der Waals surface area contributed by atoms with Crippen LogP contribution < -0.4 is 16.4 Å². The molecule has 0 aromatic rings. The molecule has 6 heteroatoms. The molecule has 2 amide bonds. The van der Waals surface area contributed by atoms with E-state index in [4.69, 9.17) is 17.3 Å². The van der Waals surface area contributed by atoms with Gasteiger partial charge in [0.15, 0.2) is 0 Å². The van der Waals surface area contributed by atoms with Gasteiger partial charge in [-0.2, -0.15) is 0 Å². The summed E-state index contributed by atoms with van der Waals surface area (Å²) in [5.41, 5.74) is 4.27. The van der Waals surface area contributed by atoms with E-state index in [1.807, 2.05) is 0 Å². The van der Waals surface area contributed by atoms with Crippen LogP contribution in [0.15, 0.2) is 0 Å². The van der Waals surface area contributed by atoms with Crippen LogP contribution in [0.25, 0.3) is 0 Å². The van der Waals surface area contributed by atoms with Crippen LogP contribution in [0.4, 0.5) is 0 Å². The highest BCUT2D eigenvalue weighted by molar-refractivity contribution is 6.27. The first kappa shape index (κ1) is 13.2. The van der Waals surface area contributed by atoms with E-state index < -0.39 is 5.54 Å². The topological polar surface area (TPSA) is 84.2 Å². The van der Waals surface area contributed by atoms with Gasteiger partial charge in [0, 0.05) is 13.1 Å². The molecular weight excluding hydrogens is 206 g/mol. The van der Waals surface area contributed by atoms with E-state index in [0.29, 0.717) is 13.1 Å². The van der Waals surface area contributed by atoms with Gasteiger partial charge in [-0.1, -0.05) is 0 Å². The molecule has 0 aromatic carbocycles. The largest absolute Gasteiger partial charge is 0.353 e. The number of carbonyl (C=O) groups is 2. The summed E-state index contributed by atoms with van der Waals surface area (Å²) in [5.74, 6) is -0.811. The van der Waals surface area contributed by atoms with Crippen molar-refractivity contribution in [3.8, 4) is 0 Å². The summed E-state index contributed by atoms with van der Waals surface area (Å²) in [4.78, 5) is 22.4. The first-order valence-electron chi connectivity index (χ1n) is 4.29. The van der Waals surface area contributed by atoms with Gasteiger partial charge in [0.1, 0.15) is 11.4 Å². The van der Waals surface area contributed by atoms with Crippen LogP contribution in [-0.2, 0) is 9.59 Å². The highest BCUT2D eigenvalue weighted by Crippen LogP contribution is 2.01. The van der Waals surface area contributed by atoms with Crippen molar-refractivity contribution in [2.24, 2.45) is 5.73 Å². The Kier molecular flexibility index (Phi) is 5.49. The molecule has 0 aromatic heterocycles. The molecule has 0 bridgehead atoms. The van der Waals surface area contributed by atoms with Crippen LogP contribution in [0.5, 0.6) is 0 Å². The Bertz CT molecular complexity index is 219. The Labute approximate surface area is 88.4 Å². The molecule has 0 fully saturated rings. The summed E-state index contributed by atoms with van der Waals surface area (Å²) >= 11 is 5.30. The maximum absolute atomic E-state index is 11.5. The standard InChI is InChI=1S/C8H16ClN3O2/c1-8(2,12-6(13)5-9)7(14)11-4-3-10/h3-5,10H2,1-2H3,(H,11,14)(H,12,13). The van der Waals surface area contributed by atoms with Crippen LogP contribution in [0, 0.1) is 0 Å². The SMILES string of the molecule is CC(C)(NC(=O)CCl)C(=O)NCCN. The van der Waals surface area contributed by atoms with E-state index in [9.17, 15) is 9.59 Å². The summed E-state index contributed by atoms with van der Waals surface area (Å²) in [6.07, 6.45) is 0. The lowest BCUT2D eigenvalue weighted by Crippen LogP contribution is -2.55. The summed E-state index contributed by atoms with van der Waals surface area (Å²) in [7, 11) is 0. The minimum Gasteiger partial charge on any atom is -0.353 e. The predicted octanol–water partition coefficient (Wildman–Crippen LogP) is -0.805. The third-order valence-corrected chi connectivity index (χ3v) is 1.81. The van der Waals surface area contributed by atoms with E-state index >= 15 is 0 Å². The molecule has 0 saturated heterocycles. The number of nitrogens with two attached hydrogens (primary N) is 1. The maximum Gasteiger partial charge on any atom is 0.245 e. The van der Waals surface area contributed by atoms with Gasteiger partial charge in [0.25, 0.3) is 0 Å². The van der Waals surface area contributed by atoms with Crippen molar-refractivity contribution in [1.82, 2.24) is 10.6 Å². The highest BCUT2D eigenvalue weighted by Gasteiger charge is 2.28. The Morgan fingerprint density at radius 3 is 2.43 bits per heavy atom. The van der Waals surface area contributed by atoms with E-state index in [1.54, 1.807) is 13.8 Å². The smallest absolute Gasteiger partial charge is 0.245 e. The average Bonchev–Trinajstić information content (AvgIpc) is 2.13. The molecule has 0 aliphatic carbocycles. The molecule has 5 nitrogen and oxygen atoms in total. The highest BCUT2D eigenvalue weighted by atomic mass is 35.5. The molecule has 0 atom stereocenters. The van der Waals surface area contributed by atoms with Crippen molar-refractivity contribution in [1.29, 1.82) is 0 Å². The maximum atomic E-state index is 11.5. The average molecular weight is 222 g/mol. The monoisotopic (exact) mass is 221 g/mol. The van der Waals surface area contributed by atoms with Gasteiger partial charge in [-0.25, -0.2) is 0 Å². The van der Waals surface area contributed by atoms with Crippen molar-refractivity contribution in [3.05, 3.63) is 0 Å². The second kappa shape index (κ2) is 5.82. The summed E-state index contributed by atoms with van der Waals surface area (Å²) in [6, 6.07) is 0. The van der Waals surface area contributed by atoms with Gasteiger partial charge < -0.3 is 16.4 Å². The van der Waals surface area contributed by atoms with Crippen LogP contribution >= 0.6 is 11.6 Å². The van der Waals surface area contributed by atoms with Crippen molar-refractivity contribution in [2.75, 3.05) is 19.0 Å². The fourth-order valence-corrected chi connectivity index (χ4v) is 0.912. The van der Waals surface area contributed by atoms with Crippen LogP contribution in [0.1, 0.15) is 13.8 Å². The summed E-state index contributed by atoms with van der Waals surface area (Å²) in [6.45, 7) is 3.96.